The molecule has 1 aliphatic heterocycles. The first kappa shape index (κ1) is 24.4. The second-order valence-electron chi connectivity index (χ2n) is 9.37. The fraction of sp³-hybridized carbons (Fsp3) is 0.607. The van der Waals surface area contributed by atoms with Crippen LogP contribution in [-0.4, -0.2) is 21.4 Å². The monoisotopic (exact) mass is 436 g/mol. The summed E-state index contributed by atoms with van der Waals surface area (Å²) in [6, 6.07) is 6.09. The number of anilines is 1. The highest BCUT2D eigenvalue weighted by Crippen LogP contribution is 2.27. The summed E-state index contributed by atoms with van der Waals surface area (Å²) in [5, 5.41) is 0. The number of benzene rings is 1. The molecule has 1 aromatic carbocycles. The Bertz CT molecular complexity index is 835. The minimum Gasteiger partial charge on any atom is -0.397 e. The summed E-state index contributed by atoms with van der Waals surface area (Å²) in [6.07, 6.45) is 28.2. The number of rotatable bonds is 16. The molecular weight excluding hydrogens is 392 g/mol. The number of nitrogens with one attached hydrogen (secondary N) is 1. The Kier molecular flexibility index (Phi) is 10.7. The van der Waals surface area contributed by atoms with Crippen molar-refractivity contribution < 1.29 is 0 Å². The Labute approximate surface area is 195 Å². The first-order valence-corrected chi connectivity index (χ1v) is 13.1. The Morgan fingerprint density at radius 2 is 1.47 bits per heavy atom. The van der Waals surface area contributed by atoms with Gasteiger partial charge in [0.15, 0.2) is 0 Å². The number of hydrogen-bond donors (Lipinski definition) is 2. The molecule has 0 fully saturated rings. The van der Waals surface area contributed by atoms with Crippen molar-refractivity contribution in [2.75, 3.05) is 12.3 Å². The molecule has 0 saturated heterocycles. The summed E-state index contributed by atoms with van der Waals surface area (Å²) in [5.41, 5.74) is 8.73. The Balaban J connectivity index is 1.27. The summed E-state index contributed by atoms with van der Waals surface area (Å²) in [5.74, 6) is 0.976. The quantitative estimate of drug-likeness (QED) is 0.207. The maximum atomic E-state index is 6.10. The molecule has 176 valence electrons. The SMILES string of the molecule is CCCCCCCCCCCCCCCCN1C=CC=CC1c1nc2c(N)cccc2[nH]1. The predicted octanol–water partition coefficient (Wildman–Crippen LogP) is 8.05. The van der Waals surface area contributed by atoms with Gasteiger partial charge < -0.3 is 15.6 Å². The molecule has 2 heterocycles. The smallest absolute Gasteiger partial charge is 0.134 e. The minimum atomic E-state index is 0.161. The second kappa shape index (κ2) is 14.0. The predicted molar refractivity (Wildman–Crippen MR) is 139 cm³/mol. The Morgan fingerprint density at radius 3 is 2.09 bits per heavy atom. The van der Waals surface area contributed by atoms with Gasteiger partial charge in [0, 0.05) is 12.7 Å². The lowest BCUT2D eigenvalue weighted by atomic mass is 10.0. The average Bonchev–Trinajstić information content (AvgIpc) is 3.25. The van der Waals surface area contributed by atoms with Crippen molar-refractivity contribution in [2.45, 2.75) is 103 Å². The van der Waals surface area contributed by atoms with Crippen molar-refractivity contribution in [3.05, 3.63) is 48.5 Å². The normalized spacial score (nSPS) is 15.8. The van der Waals surface area contributed by atoms with Crippen molar-refractivity contribution in [3.63, 3.8) is 0 Å². The van der Waals surface area contributed by atoms with Crippen LogP contribution in [-0.2, 0) is 0 Å². The highest BCUT2D eigenvalue weighted by molar-refractivity contribution is 5.87. The average molecular weight is 437 g/mol. The largest absolute Gasteiger partial charge is 0.397 e. The topological polar surface area (TPSA) is 57.9 Å². The van der Waals surface area contributed by atoms with Gasteiger partial charge in [-0.15, -0.1) is 0 Å². The lowest BCUT2D eigenvalue weighted by Crippen LogP contribution is -2.25. The molecule has 1 atom stereocenters. The van der Waals surface area contributed by atoms with Crippen LogP contribution in [0.3, 0.4) is 0 Å². The third-order valence-electron chi connectivity index (χ3n) is 6.65. The third-order valence-corrected chi connectivity index (χ3v) is 6.65. The molecule has 3 N–H and O–H groups in total. The van der Waals surface area contributed by atoms with Crippen LogP contribution in [0.25, 0.3) is 11.0 Å². The Morgan fingerprint density at radius 1 is 0.844 bits per heavy atom. The Hall–Kier alpha value is -2.23. The van der Waals surface area contributed by atoms with Crippen LogP contribution in [0.4, 0.5) is 5.69 Å². The zero-order valence-corrected chi connectivity index (χ0v) is 20.2. The molecule has 1 unspecified atom stereocenters. The number of imidazole rings is 1. The van der Waals surface area contributed by atoms with E-state index in [-0.39, 0.29) is 6.04 Å². The van der Waals surface area contributed by atoms with Gasteiger partial charge in [-0.05, 0) is 24.6 Å². The molecule has 0 spiro atoms. The molecule has 0 amide bonds. The van der Waals surface area contributed by atoms with E-state index in [1.54, 1.807) is 0 Å². The van der Waals surface area contributed by atoms with Crippen molar-refractivity contribution in [1.82, 2.24) is 14.9 Å². The van der Waals surface area contributed by atoms with Crippen LogP contribution in [0.5, 0.6) is 0 Å². The minimum absolute atomic E-state index is 0.161. The van der Waals surface area contributed by atoms with Crippen molar-refractivity contribution in [3.8, 4) is 0 Å². The third kappa shape index (κ3) is 7.72. The number of nitrogen functional groups attached to an aromatic ring is 1. The lowest BCUT2D eigenvalue weighted by molar-refractivity contribution is 0.303. The van der Waals surface area contributed by atoms with Gasteiger partial charge in [0.1, 0.15) is 17.4 Å². The fourth-order valence-corrected chi connectivity index (χ4v) is 4.70. The van der Waals surface area contributed by atoms with E-state index in [2.05, 4.69) is 41.2 Å². The summed E-state index contributed by atoms with van der Waals surface area (Å²) in [7, 11) is 0. The summed E-state index contributed by atoms with van der Waals surface area (Å²) in [6.45, 7) is 3.36. The first-order valence-electron chi connectivity index (χ1n) is 13.1. The zero-order chi connectivity index (χ0) is 22.4. The van der Waals surface area contributed by atoms with Gasteiger partial charge in [-0.3, -0.25) is 0 Å². The van der Waals surface area contributed by atoms with Crippen LogP contribution < -0.4 is 5.73 Å². The molecule has 4 nitrogen and oxygen atoms in total. The van der Waals surface area contributed by atoms with Gasteiger partial charge in [-0.25, -0.2) is 4.98 Å². The number of H-pyrrole nitrogens is 1. The molecule has 3 rings (SSSR count). The summed E-state index contributed by atoms with van der Waals surface area (Å²) >= 11 is 0. The van der Waals surface area contributed by atoms with Crippen molar-refractivity contribution >= 4 is 16.7 Å². The molecule has 4 heteroatoms. The number of aromatic amines is 1. The fourth-order valence-electron chi connectivity index (χ4n) is 4.70. The first-order chi connectivity index (χ1) is 15.8. The zero-order valence-electron chi connectivity index (χ0n) is 20.2. The van der Waals surface area contributed by atoms with Gasteiger partial charge in [0.25, 0.3) is 0 Å². The van der Waals surface area contributed by atoms with Gasteiger partial charge in [0.2, 0.25) is 0 Å². The van der Waals surface area contributed by atoms with E-state index < -0.39 is 0 Å². The summed E-state index contributed by atoms with van der Waals surface area (Å²) < 4.78 is 0. The maximum absolute atomic E-state index is 6.10. The van der Waals surface area contributed by atoms with Crippen LogP contribution in [0.15, 0.2) is 42.6 Å². The van der Waals surface area contributed by atoms with Crippen LogP contribution in [0.1, 0.15) is 109 Å². The standard InChI is InChI=1S/C28H44N4/c1-2-3-4-5-6-7-8-9-10-11-12-13-14-16-22-32-23-17-15-21-26(32)28-30-25-20-18-19-24(29)27(25)31-28/h15,17-21,23,26H,2-14,16,22,29H2,1H3,(H,30,31). The molecule has 0 aliphatic carbocycles. The van der Waals surface area contributed by atoms with Crippen LogP contribution >= 0.6 is 0 Å². The summed E-state index contributed by atoms with van der Waals surface area (Å²) in [4.78, 5) is 10.7. The van der Waals surface area contributed by atoms with Crippen LogP contribution in [0.2, 0.25) is 0 Å². The number of allylic oxidation sites excluding steroid dienone is 2. The number of hydrogen-bond acceptors (Lipinski definition) is 3. The maximum Gasteiger partial charge on any atom is 0.134 e. The molecule has 0 radical (unpaired) electrons. The van der Waals surface area contributed by atoms with Gasteiger partial charge in [-0.2, -0.15) is 0 Å². The van der Waals surface area contributed by atoms with Crippen LogP contribution in [0, 0.1) is 0 Å². The van der Waals surface area contributed by atoms with E-state index in [1.807, 2.05) is 18.2 Å². The van der Waals surface area contributed by atoms with Gasteiger partial charge in [0.05, 0.1) is 11.2 Å². The van der Waals surface area contributed by atoms with Gasteiger partial charge >= 0.3 is 0 Å². The van der Waals surface area contributed by atoms with E-state index in [1.165, 1.54) is 89.9 Å². The van der Waals surface area contributed by atoms with E-state index in [9.17, 15) is 0 Å². The van der Waals surface area contributed by atoms with Crippen molar-refractivity contribution in [2.24, 2.45) is 0 Å². The molecule has 2 aromatic rings. The number of nitrogens with zero attached hydrogens (tertiary/aromatic N) is 2. The molecular formula is C28H44N4. The van der Waals surface area contributed by atoms with E-state index in [0.717, 1.165) is 29.1 Å². The second-order valence-corrected chi connectivity index (χ2v) is 9.37. The molecule has 0 saturated carbocycles. The highest BCUT2D eigenvalue weighted by atomic mass is 15.2. The number of fused-ring (bicyclic) bond motifs is 1. The van der Waals surface area contributed by atoms with E-state index in [0.29, 0.717) is 0 Å². The van der Waals surface area contributed by atoms with E-state index in [4.69, 9.17) is 10.7 Å². The van der Waals surface area contributed by atoms with Crippen molar-refractivity contribution in [1.29, 1.82) is 0 Å². The number of aromatic nitrogens is 2. The van der Waals surface area contributed by atoms with E-state index >= 15 is 0 Å². The molecule has 1 aliphatic rings. The molecule has 0 bridgehead atoms. The number of nitrogens with two attached hydrogens (primary N) is 1. The molecule has 32 heavy (non-hydrogen) atoms. The highest BCUT2D eigenvalue weighted by Gasteiger charge is 2.20. The lowest BCUT2D eigenvalue weighted by Gasteiger charge is -2.29. The molecule has 1 aromatic heterocycles. The van der Waals surface area contributed by atoms with Gasteiger partial charge in [-0.1, -0.05) is 109 Å². The number of para-hydroxylation sites is 1. The number of unbranched alkanes of at least 4 members (excludes halogenated alkanes) is 13.